The lowest BCUT2D eigenvalue weighted by Gasteiger charge is -2.19. The van der Waals surface area contributed by atoms with E-state index < -0.39 is 0 Å². The minimum absolute atomic E-state index is 0.892. The van der Waals surface area contributed by atoms with Gasteiger partial charge in [0.25, 0.3) is 0 Å². The molecule has 9 aromatic carbocycles. The smallest absolute Gasteiger partial charge is 0.136 e. The molecule has 0 N–H and O–H groups in total. The van der Waals surface area contributed by atoms with Crippen LogP contribution in [0.15, 0.2) is 185 Å². The van der Waals surface area contributed by atoms with E-state index in [4.69, 9.17) is 4.42 Å². The molecule has 242 valence electrons. The summed E-state index contributed by atoms with van der Waals surface area (Å²) in [6.45, 7) is 0. The maximum Gasteiger partial charge on any atom is 0.136 e. The fourth-order valence-corrected chi connectivity index (χ4v) is 9.40. The summed E-state index contributed by atoms with van der Waals surface area (Å²) < 4.78 is 6.80. The summed E-state index contributed by atoms with van der Waals surface area (Å²) in [5, 5.41) is 16.7. The van der Waals surface area contributed by atoms with Gasteiger partial charge in [-0.3, -0.25) is 0 Å². The first-order valence-electron chi connectivity index (χ1n) is 17.7. The minimum Gasteiger partial charge on any atom is -0.456 e. The van der Waals surface area contributed by atoms with Crippen LogP contribution in [-0.2, 0) is 0 Å². The Morgan fingerprint density at radius 1 is 0.308 bits per heavy atom. The second-order valence-corrected chi connectivity index (χ2v) is 14.3. The van der Waals surface area contributed by atoms with Crippen molar-refractivity contribution >= 4 is 76.4 Å². The van der Waals surface area contributed by atoms with Crippen LogP contribution in [0.4, 0.5) is 0 Å². The van der Waals surface area contributed by atoms with E-state index in [2.05, 4.69) is 181 Å². The van der Waals surface area contributed by atoms with Crippen LogP contribution in [0.25, 0.3) is 110 Å². The number of hydrogen-bond acceptors (Lipinski definition) is 2. The van der Waals surface area contributed by atoms with Crippen LogP contribution in [0.5, 0.6) is 0 Å². The molecule has 0 radical (unpaired) electrons. The second-order valence-electron chi connectivity index (χ2n) is 13.5. The minimum atomic E-state index is 0.892. The molecular weight excluding hydrogens is 649 g/mol. The fraction of sp³-hybridized carbons (Fsp3) is 0. The Hall–Kier alpha value is -6.48. The largest absolute Gasteiger partial charge is 0.456 e. The van der Waals surface area contributed by atoms with Gasteiger partial charge in [-0.05, 0) is 117 Å². The van der Waals surface area contributed by atoms with Crippen LogP contribution in [0.3, 0.4) is 0 Å². The Labute approximate surface area is 304 Å². The van der Waals surface area contributed by atoms with Crippen molar-refractivity contribution in [1.82, 2.24) is 0 Å². The SMILES string of the molecule is c1ccc(-c2c3ccccc3c(-c3cccc4oc5cccc(-c6c7ccccc7c(-c7ccsc7)c7ccccc67)c5c34)c3ccccc23)cc1. The first-order chi connectivity index (χ1) is 25.8. The monoisotopic (exact) mass is 678 g/mol. The van der Waals surface area contributed by atoms with Gasteiger partial charge in [0.2, 0.25) is 0 Å². The van der Waals surface area contributed by atoms with Gasteiger partial charge in [-0.25, -0.2) is 0 Å². The zero-order valence-corrected chi connectivity index (χ0v) is 29.0. The quantitative estimate of drug-likeness (QED) is 0.169. The van der Waals surface area contributed by atoms with Gasteiger partial charge in [0, 0.05) is 10.8 Å². The molecule has 2 aromatic heterocycles. The van der Waals surface area contributed by atoms with E-state index in [0.29, 0.717) is 0 Å². The third kappa shape index (κ3) is 4.22. The van der Waals surface area contributed by atoms with E-state index in [1.807, 2.05) is 0 Å². The van der Waals surface area contributed by atoms with E-state index in [9.17, 15) is 0 Å². The Balaban J connectivity index is 1.30. The molecule has 0 bridgehead atoms. The van der Waals surface area contributed by atoms with Crippen LogP contribution >= 0.6 is 11.3 Å². The van der Waals surface area contributed by atoms with Crippen LogP contribution in [-0.4, -0.2) is 0 Å². The average molecular weight is 679 g/mol. The predicted octanol–water partition coefficient (Wildman–Crippen LogP) is 14.9. The van der Waals surface area contributed by atoms with Crippen LogP contribution in [0.1, 0.15) is 0 Å². The highest BCUT2D eigenvalue weighted by molar-refractivity contribution is 7.08. The van der Waals surface area contributed by atoms with Crippen molar-refractivity contribution in [3.05, 3.63) is 181 Å². The Morgan fingerprint density at radius 2 is 0.692 bits per heavy atom. The molecule has 0 aliphatic carbocycles. The number of rotatable bonds is 4. The third-order valence-electron chi connectivity index (χ3n) is 10.8. The van der Waals surface area contributed by atoms with Crippen molar-refractivity contribution in [2.45, 2.75) is 0 Å². The Kier molecular flexibility index (Phi) is 6.49. The number of fused-ring (bicyclic) bond motifs is 7. The summed E-state index contributed by atoms with van der Waals surface area (Å²) in [6, 6.07) is 61.8. The number of furan rings is 1. The zero-order chi connectivity index (χ0) is 34.2. The highest BCUT2D eigenvalue weighted by atomic mass is 32.1. The van der Waals surface area contributed by atoms with Crippen molar-refractivity contribution in [1.29, 1.82) is 0 Å². The third-order valence-corrected chi connectivity index (χ3v) is 11.5. The molecule has 2 heterocycles. The molecule has 0 fully saturated rings. The Morgan fingerprint density at radius 3 is 1.10 bits per heavy atom. The molecule has 0 aliphatic rings. The molecule has 0 amide bonds. The van der Waals surface area contributed by atoms with Crippen molar-refractivity contribution < 1.29 is 4.42 Å². The van der Waals surface area contributed by atoms with Crippen LogP contribution in [0.2, 0.25) is 0 Å². The van der Waals surface area contributed by atoms with E-state index in [1.165, 1.54) is 87.6 Å². The lowest BCUT2D eigenvalue weighted by molar-refractivity contribution is 0.669. The lowest BCUT2D eigenvalue weighted by atomic mass is 9.83. The molecule has 0 aliphatic heterocycles. The molecule has 1 nitrogen and oxygen atoms in total. The summed E-state index contributed by atoms with van der Waals surface area (Å²) in [7, 11) is 0. The van der Waals surface area contributed by atoms with Gasteiger partial charge in [-0.15, -0.1) is 0 Å². The maximum atomic E-state index is 6.80. The Bertz CT molecular complexity index is 3050. The number of thiophene rings is 1. The van der Waals surface area contributed by atoms with E-state index in [0.717, 1.165) is 21.9 Å². The standard InChI is InChI=1S/C50H30OS/c1-2-14-31(15-3-1)45-33-16-4-8-20-37(33)47(38-21-9-5-17-34(38)45)41-24-12-26-43-49(41)50-42(25-13-27-44(50)51-43)48-39-22-10-6-18-35(39)46(32-28-29-52-30-32)36-19-7-11-23-40(36)48/h1-30H. The lowest BCUT2D eigenvalue weighted by Crippen LogP contribution is -1.92. The van der Waals surface area contributed by atoms with Gasteiger partial charge in [-0.1, -0.05) is 152 Å². The summed E-state index contributed by atoms with van der Waals surface area (Å²) in [6.07, 6.45) is 0. The summed E-state index contributed by atoms with van der Waals surface area (Å²) in [5.41, 5.74) is 11.7. The topological polar surface area (TPSA) is 13.1 Å². The summed E-state index contributed by atoms with van der Waals surface area (Å²) in [5.74, 6) is 0. The van der Waals surface area contributed by atoms with Gasteiger partial charge < -0.3 is 4.42 Å². The average Bonchev–Trinajstić information content (AvgIpc) is 3.88. The van der Waals surface area contributed by atoms with Gasteiger partial charge in [0.1, 0.15) is 11.2 Å². The second kappa shape index (κ2) is 11.5. The first-order valence-corrected chi connectivity index (χ1v) is 18.7. The molecule has 11 rings (SSSR count). The summed E-state index contributed by atoms with van der Waals surface area (Å²) >= 11 is 1.74. The first kappa shape index (κ1) is 29.3. The highest BCUT2D eigenvalue weighted by Crippen LogP contribution is 2.50. The summed E-state index contributed by atoms with van der Waals surface area (Å²) in [4.78, 5) is 0. The molecular formula is C50H30OS. The fourth-order valence-electron chi connectivity index (χ4n) is 8.75. The van der Waals surface area contributed by atoms with Gasteiger partial charge in [-0.2, -0.15) is 11.3 Å². The molecule has 52 heavy (non-hydrogen) atoms. The van der Waals surface area contributed by atoms with Gasteiger partial charge in [0.15, 0.2) is 0 Å². The molecule has 0 atom stereocenters. The number of benzene rings is 9. The normalized spacial score (nSPS) is 11.8. The molecule has 0 saturated heterocycles. The molecule has 0 saturated carbocycles. The van der Waals surface area contributed by atoms with Gasteiger partial charge in [0.05, 0.1) is 0 Å². The molecule has 0 spiro atoms. The molecule has 11 aromatic rings. The maximum absolute atomic E-state index is 6.80. The van der Waals surface area contributed by atoms with Crippen molar-refractivity contribution in [2.24, 2.45) is 0 Å². The van der Waals surface area contributed by atoms with E-state index >= 15 is 0 Å². The van der Waals surface area contributed by atoms with Crippen molar-refractivity contribution in [3.8, 4) is 44.5 Å². The highest BCUT2D eigenvalue weighted by Gasteiger charge is 2.24. The zero-order valence-electron chi connectivity index (χ0n) is 28.1. The van der Waals surface area contributed by atoms with E-state index in [-0.39, 0.29) is 0 Å². The van der Waals surface area contributed by atoms with Crippen molar-refractivity contribution in [2.75, 3.05) is 0 Å². The van der Waals surface area contributed by atoms with Crippen LogP contribution in [0, 0.1) is 0 Å². The van der Waals surface area contributed by atoms with Crippen molar-refractivity contribution in [3.63, 3.8) is 0 Å². The molecule has 0 unspecified atom stereocenters. The molecule has 2 heteroatoms. The van der Waals surface area contributed by atoms with Gasteiger partial charge >= 0.3 is 0 Å². The number of hydrogen-bond donors (Lipinski definition) is 0. The predicted molar refractivity (Wildman–Crippen MR) is 223 cm³/mol. The van der Waals surface area contributed by atoms with Crippen LogP contribution < -0.4 is 0 Å². The van der Waals surface area contributed by atoms with E-state index in [1.54, 1.807) is 11.3 Å².